The number of urea groups is 1. The third-order valence-corrected chi connectivity index (χ3v) is 6.02. The topological polar surface area (TPSA) is 140 Å². The molecule has 0 unspecified atom stereocenters. The maximum atomic E-state index is 12.4. The monoisotopic (exact) mass is 462 g/mol. The SMILES string of the molecule is COc1ccc(N2C[C@H](NC(=O)NCCc3ccc(S(N)(=O)=O)cc3)CC2=O)cc1OC. The highest BCUT2D eigenvalue weighted by Gasteiger charge is 2.32. The molecular formula is C21H26N4O6S. The maximum Gasteiger partial charge on any atom is 0.315 e. The second-order valence-corrected chi connectivity index (χ2v) is 8.85. The Bertz CT molecular complexity index is 1090. The van der Waals surface area contributed by atoms with Gasteiger partial charge in [-0.3, -0.25) is 4.79 Å². The lowest BCUT2D eigenvalue weighted by Gasteiger charge is -2.19. The molecule has 0 radical (unpaired) electrons. The van der Waals surface area contributed by atoms with Crippen LogP contribution >= 0.6 is 0 Å². The van der Waals surface area contributed by atoms with Crippen molar-refractivity contribution in [3.63, 3.8) is 0 Å². The van der Waals surface area contributed by atoms with Crippen molar-refractivity contribution in [1.82, 2.24) is 10.6 Å². The number of nitrogens with one attached hydrogen (secondary N) is 2. The third kappa shape index (κ3) is 5.68. The molecule has 1 saturated heterocycles. The van der Waals surface area contributed by atoms with Gasteiger partial charge in [0.2, 0.25) is 15.9 Å². The van der Waals surface area contributed by atoms with Crippen LogP contribution in [0.15, 0.2) is 47.4 Å². The highest BCUT2D eigenvalue weighted by molar-refractivity contribution is 7.89. The number of primary sulfonamides is 1. The van der Waals surface area contributed by atoms with Gasteiger partial charge in [0.05, 0.1) is 25.2 Å². The van der Waals surface area contributed by atoms with Crippen molar-refractivity contribution in [2.24, 2.45) is 5.14 Å². The van der Waals surface area contributed by atoms with Crippen LogP contribution in [0, 0.1) is 0 Å². The number of carbonyl (C=O) groups is 2. The highest BCUT2D eigenvalue weighted by Crippen LogP contribution is 2.33. The fourth-order valence-electron chi connectivity index (χ4n) is 3.45. The first-order chi connectivity index (χ1) is 15.2. The molecule has 2 aromatic carbocycles. The van der Waals surface area contributed by atoms with Gasteiger partial charge in [0.1, 0.15) is 0 Å². The molecule has 0 spiro atoms. The zero-order valence-corrected chi connectivity index (χ0v) is 18.6. The van der Waals surface area contributed by atoms with Crippen LogP contribution in [0.3, 0.4) is 0 Å². The number of carbonyl (C=O) groups excluding carboxylic acids is 2. The number of ether oxygens (including phenoxy) is 2. The van der Waals surface area contributed by atoms with Gasteiger partial charge in [-0.1, -0.05) is 12.1 Å². The predicted octanol–water partition coefficient (Wildman–Crippen LogP) is 0.998. The molecule has 11 heteroatoms. The van der Waals surface area contributed by atoms with Crippen LogP contribution in [-0.2, 0) is 21.2 Å². The normalized spacial score (nSPS) is 16.0. The molecule has 172 valence electrons. The number of methoxy groups -OCH3 is 2. The van der Waals surface area contributed by atoms with Crippen LogP contribution in [0.1, 0.15) is 12.0 Å². The molecule has 1 atom stereocenters. The standard InChI is InChI=1S/C21H26N4O6S/c1-30-18-8-5-16(12-19(18)31-2)25-13-15(11-20(25)26)24-21(27)23-10-9-14-3-6-17(7-4-14)32(22,28)29/h3-8,12,15H,9-11,13H2,1-2H3,(H2,22,28,29)(H2,23,24,27)/t15-/m1/s1. The summed E-state index contributed by atoms with van der Waals surface area (Å²) in [5.74, 6) is 0.984. The lowest BCUT2D eigenvalue weighted by atomic mass is 10.1. The van der Waals surface area contributed by atoms with Gasteiger partial charge in [0, 0.05) is 31.3 Å². The third-order valence-electron chi connectivity index (χ3n) is 5.09. The molecule has 0 aliphatic carbocycles. The van der Waals surface area contributed by atoms with Gasteiger partial charge in [0.15, 0.2) is 11.5 Å². The van der Waals surface area contributed by atoms with E-state index >= 15 is 0 Å². The average Bonchev–Trinajstić information content (AvgIpc) is 3.12. The minimum Gasteiger partial charge on any atom is -0.493 e. The lowest BCUT2D eigenvalue weighted by molar-refractivity contribution is -0.117. The zero-order chi connectivity index (χ0) is 23.3. The minimum absolute atomic E-state index is 0.0388. The largest absolute Gasteiger partial charge is 0.493 e. The molecule has 1 fully saturated rings. The molecular weight excluding hydrogens is 436 g/mol. The fraction of sp³-hybridized carbons (Fsp3) is 0.333. The highest BCUT2D eigenvalue weighted by atomic mass is 32.2. The molecule has 3 amide bonds. The van der Waals surface area contributed by atoms with E-state index in [0.29, 0.717) is 36.7 Å². The van der Waals surface area contributed by atoms with Crippen molar-refractivity contribution in [2.75, 3.05) is 32.2 Å². The number of amides is 3. The number of nitrogens with two attached hydrogens (primary N) is 1. The first-order valence-electron chi connectivity index (χ1n) is 9.89. The maximum absolute atomic E-state index is 12.4. The van der Waals surface area contributed by atoms with Crippen molar-refractivity contribution < 1.29 is 27.5 Å². The van der Waals surface area contributed by atoms with Crippen LogP contribution in [0.25, 0.3) is 0 Å². The molecule has 1 aliphatic heterocycles. The molecule has 2 aromatic rings. The van der Waals surface area contributed by atoms with Crippen molar-refractivity contribution in [1.29, 1.82) is 0 Å². The van der Waals surface area contributed by atoms with Crippen LogP contribution in [0.2, 0.25) is 0 Å². The Kier molecular flexibility index (Phi) is 7.21. The van der Waals surface area contributed by atoms with E-state index in [4.69, 9.17) is 14.6 Å². The molecule has 32 heavy (non-hydrogen) atoms. The zero-order valence-electron chi connectivity index (χ0n) is 17.8. The number of hydrogen-bond donors (Lipinski definition) is 3. The fourth-order valence-corrected chi connectivity index (χ4v) is 3.96. The Labute approximate surface area is 186 Å². The van der Waals surface area contributed by atoms with E-state index in [-0.39, 0.29) is 29.3 Å². The Hall–Kier alpha value is -3.31. The minimum atomic E-state index is -3.73. The molecule has 1 heterocycles. The summed E-state index contributed by atoms with van der Waals surface area (Å²) < 4.78 is 33.1. The Morgan fingerprint density at radius 1 is 1.12 bits per heavy atom. The van der Waals surface area contributed by atoms with Crippen LogP contribution in [0.4, 0.5) is 10.5 Å². The van der Waals surface area contributed by atoms with Crippen molar-refractivity contribution in [2.45, 2.75) is 23.8 Å². The number of rotatable bonds is 8. The molecule has 0 bridgehead atoms. The van der Waals surface area contributed by atoms with Crippen LogP contribution < -0.4 is 30.1 Å². The quantitative estimate of drug-likeness (QED) is 0.535. The van der Waals surface area contributed by atoms with E-state index in [1.54, 1.807) is 35.2 Å². The van der Waals surface area contributed by atoms with Crippen LogP contribution in [-0.4, -0.2) is 53.7 Å². The molecule has 10 nitrogen and oxygen atoms in total. The molecule has 3 rings (SSSR count). The molecule has 1 aliphatic rings. The van der Waals surface area contributed by atoms with E-state index < -0.39 is 10.0 Å². The summed E-state index contributed by atoms with van der Waals surface area (Å²) in [6.45, 7) is 0.692. The van der Waals surface area contributed by atoms with Crippen molar-refractivity contribution in [3.8, 4) is 11.5 Å². The van der Waals surface area contributed by atoms with Crippen molar-refractivity contribution >= 4 is 27.6 Å². The summed E-state index contributed by atoms with van der Waals surface area (Å²) in [4.78, 5) is 26.3. The van der Waals surface area contributed by atoms with Gasteiger partial charge in [-0.15, -0.1) is 0 Å². The second kappa shape index (κ2) is 9.88. The summed E-state index contributed by atoms with van der Waals surface area (Å²) >= 11 is 0. The lowest BCUT2D eigenvalue weighted by Crippen LogP contribution is -2.43. The van der Waals surface area contributed by atoms with Gasteiger partial charge in [-0.25, -0.2) is 18.4 Å². The summed E-state index contributed by atoms with van der Waals surface area (Å²) in [5, 5.41) is 10.6. The summed E-state index contributed by atoms with van der Waals surface area (Å²) in [5.41, 5.74) is 1.52. The predicted molar refractivity (Wildman–Crippen MR) is 118 cm³/mol. The van der Waals surface area contributed by atoms with E-state index in [9.17, 15) is 18.0 Å². The summed E-state index contributed by atoms with van der Waals surface area (Å²) in [7, 11) is -0.665. The average molecular weight is 463 g/mol. The van der Waals surface area contributed by atoms with Gasteiger partial charge >= 0.3 is 6.03 Å². The van der Waals surface area contributed by atoms with Gasteiger partial charge in [-0.2, -0.15) is 0 Å². The van der Waals surface area contributed by atoms with Crippen LogP contribution in [0.5, 0.6) is 11.5 Å². The number of sulfonamides is 1. The van der Waals surface area contributed by atoms with E-state index in [1.807, 2.05) is 0 Å². The Balaban J connectivity index is 1.49. The number of nitrogens with zero attached hydrogens (tertiary/aromatic N) is 1. The Morgan fingerprint density at radius 2 is 1.81 bits per heavy atom. The Morgan fingerprint density at radius 3 is 2.44 bits per heavy atom. The van der Waals surface area contributed by atoms with E-state index in [2.05, 4.69) is 10.6 Å². The number of anilines is 1. The number of hydrogen-bond acceptors (Lipinski definition) is 6. The van der Waals surface area contributed by atoms with E-state index in [0.717, 1.165) is 5.56 Å². The second-order valence-electron chi connectivity index (χ2n) is 7.28. The van der Waals surface area contributed by atoms with E-state index in [1.165, 1.54) is 26.4 Å². The summed E-state index contributed by atoms with van der Waals surface area (Å²) in [6.07, 6.45) is 0.705. The first-order valence-corrected chi connectivity index (χ1v) is 11.4. The van der Waals surface area contributed by atoms with Gasteiger partial charge in [-0.05, 0) is 36.2 Å². The molecule has 0 aromatic heterocycles. The van der Waals surface area contributed by atoms with Gasteiger partial charge in [0.25, 0.3) is 0 Å². The van der Waals surface area contributed by atoms with Gasteiger partial charge < -0.3 is 25.0 Å². The smallest absolute Gasteiger partial charge is 0.315 e. The summed E-state index contributed by atoms with van der Waals surface area (Å²) in [6, 6.07) is 10.7. The first kappa shape index (κ1) is 23.4. The molecule has 0 saturated carbocycles. The molecule has 4 N–H and O–H groups in total. The number of benzene rings is 2. The van der Waals surface area contributed by atoms with Crippen molar-refractivity contribution in [3.05, 3.63) is 48.0 Å².